The monoisotopic (exact) mass is 254 g/mol. The van der Waals surface area contributed by atoms with Gasteiger partial charge in [0.2, 0.25) is 0 Å². The zero-order chi connectivity index (χ0) is 14.2. The average Bonchev–Trinajstić information content (AvgIpc) is 2.26. The first-order chi connectivity index (χ1) is 8.28. The molecule has 4 heteroatoms. The lowest BCUT2D eigenvalue weighted by Gasteiger charge is -2.25. The summed E-state index contributed by atoms with van der Waals surface area (Å²) in [5, 5.41) is 0. The summed E-state index contributed by atoms with van der Waals surface area (Å²) in [6.45, 7) is 13.0. The second kappa shape index (κ2) is 7.69. The Hall–Kier alpha value is -1.58. The van der Waals surface area contributed by atoms with Crippen molar-refractivity contribution in [3.63, 3.8) is 0 Å². The van der Waals surface area contributed by atoms with Gasteiger partial charge in [-0.3, -0.25) is 0 Å². The van der Waals surface area contributed by atoms with E-state index in [1.165, 1.54) is 0 Å². The Morgan fingerprint density at radius 2 is 1.72 bits per heavy atom. The standard InChI is InChI=1S/C14H22O4/c1-6-12(15)17-9-8-11(10-14(3,4)5)18-13(16)7-2/h6-7,11H,1-2,8-10H2,3-5H3. The van der Waals surface area contributed by atoms with Crippen LogP contribution < -0.4 is 0 Å². The fourth-order valence-electron chi connectivity index (χ4n) is 1.45. The molecule has 0 N–H and O–H groups in total. The van der Waals surface area contributed by atoms with Crippen LogP contribution in [-0.2, 0) is 19.1 Å². The van der Waals surface area contributed by atoms with Gasteiger partial charge >= 0.3 is 11.9 Å². The van der Waals surface area contributed by atoms with E-state index in [9.17, 15) is 9.59 Å². The molecule has 0 amide bonds. The molecule has 0 aromatic heterocycles. The highest BCUT2D eigenvalue weighted by molar-refractivity contribution is 5.81. The summed E-state index contributed by atoms with van der Waals surface area (Å²) in [7, 11) is 0. The molecule has 4 nitrogen and oxygen atoms in total. The number of hydrogen-bond acceptors (Lipinski definition) is 4. The number of carbonyl (C=O) groups is 2. The maximum absolute atomic E-state index is 11.2. The van der Waals surface area contributed by atoms with Crippen LogP contribution in [0.1, 0.15) is 33.6 Å². The topological polar surface area (TPSA) is 52.6 Å². The van der Waals surface area contributed by atoms with Gasteiger partial charge in [-0.2, -0.15) is 0 Å². The number of rotatable bonds is 7. The minimum absolute atomic E-state index is 0.0224. The third-order valence-electron chi connectivity index (χ3n) is 2.14. The second-order valence-electron chi connectivity index (χ2n) is 5.19. The molecular weight excluding hydrogens is 232 g/mol. The lowest BCUT2D eigenvalue weighted by molar-refractivity contribution is -0.146. The number of hydrogen-bond donors (Lipinski definition) is 0. The molecule has 0 rings (SSSR count). The molecule has 0 saturated heterocycles. The predicted octanol–water partition coefficient (Wildman–Crippen LogP) is 2.64. The smallest absolute Gasteiger partial charge is 0.330 e. The molecule has 0 aliphatic rings. The van der Waals surface area contributed by atoms with Crippen molar-refractivity contribution in [2.24, 2.45) is 5.41 Å². The third-order valence-corrected chi connectivity index (χ3v) is 2.14. The van der Waals surface area contributed by atoms with Gasteiger partial charge in [-0.25, -0.2) is 9.59 Å². The fourth-order valence-corrected chi connectivity index (χ4v) is 1.45. The van der Waals surface area contributed by atoms with E-state index in [2.05, 4.69) is 33.9 Å². The van der Waals surface area contributed by atoms with Gasteiger partial charge in [0, 0.05) is 18.6 Å². The van der Waals surface area contributed by atoms with Crippen molar-refractivity contribution in [3.05, 3.63) is 25.3 Å². The quantitative estimate of drug-likeness (QED) is 0.517. The molecule has 1 unspecified atom stereocenters. The molecule has 0 spiro atoms. The Labute approximate surface area is 109 Å². The number of carbonyl (C=O) groups excluding carboxylic acids is 2. The largest absolute Gasteiger partial charge is 0.462 e. The van der Waals surface area contributed by atoms with Gasteiger partial charge in [0.25, 0.3) is 0 Å². The second-order valence-corrected chi connectivity index (χ2v) is 5.19. The van der Waals surface area contributed by atoms with E-state index in [0.717, 1.165) is 12.2 Å². The molecule has 0 heterocycles. The van der Waals surface area contributed by atoms with E-state index < -0.39 is 11.9 Å². The molecule has 0 aromatic rings. The van der Waals surface area contributed by atoms with Crippen LogP contribution in [0.3, 0.4) is 0 Å². The summed E-state index contributed by atoms with van der Waals surface area (Å²) in [4.78, 5) is 22.1. The lowest BCUT2D eigenvalue weighted by atomic mass is 9.88. The normalized spacial score (nSPS) is 12.4. The molecular formula is C14H22O4. The van der Waals surface area contributed by atoms with Crippen LogP contribution in [0.15, 0.2) is 25.3 Å². The van der Waals surface area contributed by atoms with Gasteiger partial charge in [-0.05, 0) is 11.8 Å². The minimum Gasteiger partial charge on any atom is -0.462 e. The fraction of sp³-hybridized carbons (Fsp3) is 0.571. The summed E-state index contributed by atoms with van der Waals surface area (Å²) in [5.74, 6) is -0.932. The molecule has 0 fully saturated rings. The first-order valence-corrected chi connectivity index (χ1v) is 5.90. The van der Waals surface area contributed by atoms with E-state index >= 15 is 0 Å². The highest BCUT2D eigenvalue weighted by Crippen LogP contribution is 2.24. The summed E-state index contributed by atoms with van der Waals surface area (Å²) in [5.41, 5.74) is 0.0224. The summed E-state index contributed by atoms with van der Waals surface area (Å²) in [6, 6.07) is 0. The van der Waals surface area contributed by atoms with E-state index in [1.807, 2.05) is 0 Å². The minimum atomic E-state index is -0.473. The molecule has 18 heavy (non-hydrogen) atoms. The van der Waals surface area contributed by atoms with E-state index in [4.69, 9.17) is 9.47 Å². The third kappa shape index (κ3) is 8.56. The average molecular weight is 254 g/mol. The van der Waals surface area contributed by atoms with Crippen molar-refractivity contribution in [1.29, 1.82) is 0 Å². The van der Waals surface area contributed by atoms with Crippen LogP contribution in [0.25, 0.3) is 0 Å². The van der Waals surface area contributed by atoms with Crippen molar-refractivity contribution in [1.82, 2.24) is 0 Å². The molecule has 1 atom stereocenters. The predicted molar refractivity (Wildman–Crippen MR) is 69.9 cm³/mol. The Balaban J connectivity index is 4.29. The van der Waals surface area contributed by atoms with Gasteiger partial charge in [0.15, 0.2) is 0 Å². The van der Waals surface area contributed by atoms with Crippen molar-refractivity contribution < 1.29 is 19.1 Å². The van der Waals surface area contributed by atoms with E-state index in [-0.39, 0.29) is 18.1 Å². The first-order valence-electron chi connectivity index (χ1n) is 5.90. The van der Waals surface area contributed by atoms with Crippen LogP contribution in [-0.4, -0.2) is 24.6 Å². The van der Waals surface area contributed by atoms with Crippen LogP contribution in [0, 0.1) is 5.41 Å². The van der Waals surface area contributed by atoms with Crippen LogP contribution in [0.5, 0.6) is 0 Å². The maximum Gasteiger partial charge on any atom is 0.330 e. The molecule has 0 bridgehead atoms. The zero-order valence-electron chi connectivity index (χ0n) is 11.4. The van der Waals surface area contributed by atoms with Crippen LogP contribution >= 0.6 is 0 Å². The van der Waals surface area contributed by atoms with Crippen molar-refractivity contribution in [3.8, 4) is 0 Å². The molecule has 0 aliphatic carbocycles. The Morgan fingerprint density at radius 3 is 2.17 bits per heavy atom. The van der Waals surface area contributed by atoms with Crippen LogP contribution in [0.2, 0.25) is 0 Å². The van der Waals surface area contributed by atoms with Crippen molar-refractivity contribution >= 4 is 11.9 Å². The SMILES string of the molecule is C=CC(=O)OCCC(CC(C)(C)C)OC(=O)C=C. The number of ether oxygens (including phenoxy) is 2. The van der Waals surface area contributed by atoms with Crippen molar-refractivity contribution in [2.75, 3.05) is 6.61 Å². The molecule has 0 aromatic carbocycles. The zero-order valence-corrected chi connectivity index (χ0v) is 11.4. The van der Waals surface area contributed by atoms with Gasteiger partial charge in [-0.1, -0.05) is 33.9 Å². The van der Waals surface area contributed by atoms with Gasteiger partial charge in [0.1, 0.15) is 6.10 Å². The van der Waals surface area contributed by atoms with Gasteiger partial charge in [-0.15, -0.1) is 0 Å². The summed E-state index contributed by atoms with van der Waals surface area (Å²) in [6.07, 6.45) is 3.11. The highest BCUT2D eigenvalue weighted by Gasteiger charge is 2.21. The van der Waals surface area contributed by atoms with E-state index in [0.29, 0.717) is 12.8 Å². The molecule has 0 saturated carbocycles. The summed E-state index contributed by atoms with van der Waals surface area (Å²) >= 11 is 0. The van der Waals surface area contributed by atoms with Gasteiger partial charge < -0.3 is 9.47 Å². The Kier molecular flexibility index (Phi) is 7.01. The highest BCUT2D eigenvalue weighted by atomic mass is 16.6. The first kappa shape index (κ1) is 16.4. The maximum atomic E-state index is 11.2. The van der Waals surface area contributed by atoms with E-state index in [1.54, 1.807) is 0 Å². The Bertz CT molecular complexity index is 312. The van der Waals surface area contributed by atoms with Crippen molar-refractivity contribution in [2.45, 2.75) is 39.7 Å². The molecule has 0 aliphatic heterocycles. The van der Waals surface area contributed by atoms with Crippen LogP contribution in [0.4, 0.5) is 0 Å². The Morgan fingerprint density at radius 1 is 1.17 bits per heavy atom. The van der Waals surface area contributed by atoms with Gasteiger partial charge in [0.05, 0.1) is 6.61 Å². The molecule has 0 radical (unpaired) electrons. The summed E-state index contributed by atoms with van der Waals surface area (Å²) < 4.78 is 10.1. The number of esters is 2. The lowest BCUT2D eigenvalue weighted by Crippen LogP contribution is -2.25. The molecule has 102 valence electrons.